The lowest BCUT2D eigenvalue weighted by Crippen LogP contribution is -2.15. The Kier molecular flexibility index (Phi) is 3.71. The van der Waals surface area contributed by atoms with Crippen molar-refractivity contribution in [1.29, 1.82) is 0 Å². The van der Waals surface area contributed by atoms with E-state index in [9.17, 15) is 4.79 Å². The van der Waals surface area contributed by atoms with Gasteiger partial charge in [-0.2, -0.15) is 5.10 Å². The smallest absolute Gasteiger partial charge is 0.246 e. The van der Waals surface area contributed by atoms with Crippen LogP contribution >= 0.6 is 11.6 Å². The van der Waals surface area contributed by atoms with E-state index >= 15 is 0 Å². The highest BCUT2D eigenvalue weighted by atomic mass is 35.5. The van der Waals surface area contributed by atoms with E-state index in [2.05, 4.69) is 29.0 Å². The zero-order valence-corrected chi connectivity index (χ0v) is 11.5. The molecule has 6 heteroatoms. The second kappa shape index (κ2) is 5.10. The van der Waals surface area contributed by atoms with Crippen LogP contribution in [0.3, 0.4) is 0 Å². The van der Waals surface area contributed by atoms with Crippen molar-refractivity contribution in [1.82, 2.24) is 19.6 Å². The molecule has 0 bridgehead atoms. The average Bonchev–Trinajstić information content (AvgIpc) is 2.58. The van der Waals surface area contributed by atoms with Crippen molar-refractivity contribution >= 4 is 17.2 Å². The minimum Gasteiger partial charge on any atom is -0.246 e. The number of aromatic nitrogens is 4. The Balaban J connectivity index is 2.27. The molecule has 0 fully saturated rings. The highest BCUT2D eigenvalue weighted by Gasteiger charge is 2.12. The number of hydrogen-bond donors (Lipinski definition) is 1. The van der Waals surface area contributed by atoms with Crippen molar-refractivity contribution in [2.75, 3.05) is 0 Å². The van der Waals surface area contributed by atoms with Gasteiger partial charge in [-0.15, -0.1) is 11.6 Å². The van der Waals surface area contributed by atoms with Crippen molar-refractivity contribution < 1.29 is 0 Å². The molecule has 2 heterocycles. The molecule has 2 aromatic rings. The summed E-state index contributed by atoms with van der Waals surface area (Å²) < 4.78 is 1.45. The molecular formula is C12H17ClN4O. The molecule has 0 amide bonds. The van der Waals surface area contributed by atoms with E-state index in [-0.39, 0.29) is 11.1 Å². The van der Waals surface area contributed by atoms with Crippen molar-refractivity contribution in [3.05, 3.63) is 28.1 Å². The summed E-state index contributed by atoms with van der Waals surface area (Å²) in [6.07, 6.45) is 1.64. The number of rotatable bonds is 4. The number of alkyl halides is 1. The highest BCUT2D eigenvalue weighted by Crippen LogP contribution is 2.16. The first-order valence-corrected chi connectivity index (χ1v) is 6.48. The predicted molar refractivity (Wildman–Crippen MR) is 71.1 cm³/mol. The molecule has 1 atom stereocenters. The van der Waals surface area contributed by atoms with Gasteiger partial charge in [0.15, 0.2) is 5.65 Å². The Morgan fingerprint density at radius 1 is 1.50 bits per heavy atom. The Hall–Kier alpha value is -1.36. The Morgan fingerprint density at radius 2 is 2.22 bits per heavy atom. The summed E-state index contributed by atoms with van der Waals surface area (Å²) in [6.45, 7) is 6.08. The lowest BCUT2D eigenvalue weighted by molar-refractivity contribution is 0.558. The first kappa shape index (κ1) is 13.1. The van der Waals surface area contributed by atoms with Gasteiger partial charge in [0.05, 0.1) is 0 Å². The number of fused-ring (bicyclic) bond motifs is 1. The second-order valence-corrected chi connectivity index (χ2v) is 5.57. The average molecular weight is 269 g/mol. The maximum absolute atomic E-state index is 11.5. The van der Waals surface area contributed by atoms with E-state index in [1.165, 1.54) is 4.40 Å². The molecule has 1 unspecified atom stereocenters. The SMILES string of the molecule is Cc1nc(CC(Cl)CC(C)C)cc2n[nH]c(=O)n12. The van der Waals surface area contributed by atoms with Crippen molar-refractivity contribution in [3.63, 3.8) is 0 Å². The number of hydrogen-bond acceptors (Lipinski definition) is 3. The zero-order valence-electron chi connectivity index (χ0n) is 10.8. The molecule has 0 aromatic carbocycles. The highest BCUT2D eigenvalue weighted by molar-refractivity contribution is 6.20. The molecule has 0 spiro atoms. The standard InChI is InChI=1S/C12H17ClN4O/c1-7(2)4-9(13)5-10-6-11-15-16-12(18)17(11)8(3)14-10/h6-7,9H,4-5H2,1-3H3,(H,16,18). The van der Waals surface area contributed by atoms with Crippen LogP contribution in [-0.2, 0) is 6.42 Å². The molecule has 0 aliphatic carbocycles. The topological polar surface area (TPSA) is 63.0 Å². The van der Waals surface area contributed by atoms with Crippen molar-refractivity contribution in [2.24, 2.45) is 5.92 Å². The maximum Gasteiger partial charge on any atom is 0.349 e. The van der Waals surface area contributed by atoms with Crippen LogP contribution in [-0.4, -0.2) is 25.0 Å². The van der Waals surface area contributed by atoms with Crippen LogP contribution in [0.1, 0.15) is 31.8 Å². The maximum atomic E-state index is 11.5. The first-order chi connectivity index (χ1) is 8.47. The summed E-state index contributed by atoms with van der Waals surface area (Å²) in [4.78, 5) is 15.9. The van der Waals surface area contributed by atoms with E-state index in [0.717, 1.165) is 12.1 Å². The second-order valence-electron chi connectivity index (χ2n) is 4.95. The van der Waals surface area contributed by atoms with E-state index < -0.39 is 0 Å². The summed E-state index contributed by atoms with van der Waals surface area (Å²) in [5.74, 6) is 1.19. The third-order valence-electron chi connectivity index (χ3n) is 2.78. The van der Waals surface area contributed by atoms with Gasteiger partial charge in [0.25, 0.3) is 0 Å². The number of halogens is 1. The molecule has 0 saturated heterocycles. The molecule has 18 heavy (non-hydrogen) atoms. The monoisotopic (exact) mass is 268 g/mol. The molecule has 1 N–H and O–H groups in total. The molecule has 2 aromatic heterocycles. The van der Waals surface area contributed by atoms with E-state index in [0.29, 0.717) is 23.8 Å². The van der Waals surface area contributed by atoms with E-state index in [1.807, 2.05) is 0 Å². The van der Waals surface area contributed by atoms with Crippen LogP contribution in [0.25, 0.3) is 5.65 Å². The molecular weight excluding hydrogens is 252 g/mol. The third kappa shape index (κ3) is 2.72. The molecule has 0 saturated carbocycles. The molecule has 98 valence electrons. The van der Waals surface area contributed by atoms with Gasteiger partial charge in [0, 0.05) is 23.6 Å². The van der Waals surface area contributed by atoms with Gasteiger partial charge < -0.3 is 0 Å². The first-order valence-electron chi connectivity index (χ1n) is 6.05. The van der Waals surface area contributed by atoms with Crippen LogP contribution in [0.15, 0.2) is 10.9 Å². The number of aryl methyl sites for hydroxylation is 1. The minimum atomic E-state index is -0.258. The molecule has 0 radical (unpaired) electrons. The van der Waals surface area contributed by atoms with Crippen LogP contribution in [0.4, 0.5) is 0 Å². The van der Waals surface area contributed by atoms with Gasteiger partial charge in [-0.3, -0.25) is 0 Å². The summed E-state index contributed by atoms with van der Waals surface area (Å²) in [7, 11) is 0. The Bertz CT molecular complexity index is 602. The lowest BCUT2D eigenvalue weighted by atomic mass is 10.0. The molecule has 0 aliphatic heterocycles. The van der Waals surface area contributed by atoms with Gasteiger partial charge >= 0.3 is 5.69 Å². The van der Waals surface area contributed by atoms with Crippen LogP contribution < -0.4 is 5.69 Å². The number of nitrogens with zero attached hydrogens (tertiary/aromatic N) is 3. The Morgan fingerprint density at radius 3 is 2.89 bits per heavy atom. The lowest BCUT2D eigenvalue weighted by Gasteiger charge is -2.11. The van der Waals surface area contributed by atoms with E-state index in [1.54, 1.807) is 13.0 Å². The van der Waals surface area contributed by atoms with Crippen LogP contribution in [0.2, 0.25) is 0 Å². The fourth-order valence-corrected chi connectivity index (χ4v) is 2.60. The summed E-state index contributed by atoms with van der Waals surface area (Å²) in [5.41, 5.74) is 1.21. The van der Waals surface area contributed by atoms with Crippen molar-refractivity contribution in [2.45, 2.75) is 39.0 Å². The fourth-order valence-electron chi connectivity index (χ4n) is 2.08. The molecule has 2 rings (SSSR count). The zero-order chi connectivity index (χ0) is 13.3. The number of nitrogens with one attached hydrogen (secondary N) is 1. The largest absolute Gasteiger partial charge is 0.349 e. The van der Waals surface area contributed by atoms with E-state index in [4.69, 9.17) is 11.6 Å². The fraction of sp³-hybridized carbons (Fsp3) is 0.583. The molecule has 5 nitrogen and oxygen atoms in total. The van der Waals surface area contributed by atoms with Gasteiger partial charge in [0.2, 0.25) is 0 Å². The van der Waals surface area contributed by atoms with Gasteiger partial charge in [0.1, 0.15) is 5.82 Å². The van der Waals surface area contributed by atoms with Crippen LogP contribution in [0.5, 0.6) is 0 Å². The number of H-pyrrole nitrogens is 1. The quantitative estimate of drug-likeness (QED) is 0.862. The minimum absolute atomic E-state index is 0.0602. The number of aromatic amines is 1. The summed E-state index contributed by atoms with van der Waals surface area (Å²) in [6, 6.07) is 1.81. The normalized spacial score (nSPS) is 13.4. The van der Waals surface area contributed by atoms with Crippen LogP contribution in [0, 0.1) is 12.8 Å². The molecule has 0 aliphatic rings. The third-order valence-corrected chi connectivity index (χ3v) is 3.11. The Labute approximate surface area is 110 Å². The van der Waals surface area contributed by atoms with Crippen molar-refractivity contribution in [3.8, 4) is 0 Å². The predicted octanol–water partition coefficient (Wildman–Crippen LogP) is 1.92. The van der Waals surface area contributed by atoms with Gasteiger partial charge in [-0.25, -0.2) is 19.3 Å². The van der Waals surface area contributed by atoms with Gasteiger partial charge in [-0.05, 0) is 19.3 Å². The summed E-state index contributed by atoms with van der Waals surface area (Å²) >= 11 is 6.28. The van der Waals surface area contributed by atoms with Gasteiger partial charge in [-0.1, -0.05) is 13.8 Å². The summed E-state index contributed by atoms with van der Waals surface area (Å²) in [5, 5.41) is 6.43.